The van der Waals surface area contributed by atoms with E-state index >= 15 is 0 Å². The Balaban J connectivity index is 1.57. The fraction of sp³-hybridized carbons (Fsp3) is 0.158. The first kappa shape index (κ1) is 15.0. The van der Waals surface area contributed by atoms with Gasteiger partial charge >= 0.3 is 0 Å². The first-order chi connectivity index (χ1) is 11.2. The summed E-state index contributed by atoms with van der Waals surface area (Å²) in [4.78, 5) is 16.4. The highest BCUT2D eigenvalue weighted by molar-refractivity contribution is 5.94. The molecule has 1 amide bonds. The number of hydrogen-bond donors (Lipinski definition) is 1. The van der Waals surface area contributed by atoms with E-state index < -0.39 is 0 Å². The number of nitrogens with zero attached hydrogens (tertiary/aromatic N) is 2. The van der Waals surface area contributed by atoms with Crippen LogP contribution in [-0.2, 0) is 11.2 Å². The molecule has 116 valence electrons. The largest absolute Gasteiger partial charge is 0.352 e. The van der Waals surface area contributed by atoms with E-state index in [1.807, 2.05) is 72.2 Å². The molecule has 4 heteroatoms. The van der Waals surface area contributed by atoms with E-state index in [0.717, 1.165) is 22.5 Å². The minimum atomic E-state index is -0.0767. The van der Waals surface area contributed by atoms with Crippen LogP contribution < -0.4 is 5.32 Å². The van der Waals surface area contributed by atoms with Crippen molar-refractivity contribution in [2.75, 3.05) is 6.54 Å². The highest BCUT2D eigenvalue weighted by Crippen LogP contribution is 2.12. The maximum atomic E-state index is 12.0. The van der Waals surface area contributed by atoms with Gasteiger partial charge in [-0.15, -0.1) is 0 Å². The van der Waals surface area contributed by atoms with Crippen molar-refractivity contribution in [2.24, 2.45) is 0 Å². The zero-order valence-electron chi connectivity index (χ0n) is 13.1. The van der Waals surface area contributed by atoms with Gasteiger partial charge in [0.2, 0.25) is 5.91 Å². The first-order valence-electron chi connectivity index (χ1n) is 7.66. The molecule has 2 heterocycles. The van der Waals surface area contributed by atoms with Gasteiger partial charge in [-0.2, -0.15) is 0 Å². The molecular formula is C19H19N3O. The molecule has 0 aliphatic heterocycles. The van der Waals surface area contributed by atoms with Crippen LogP contribution in [0.15, 0.2) is 67.0 Å². The zero-order chi connectivity index (χ0) is 16.1. The molecule has 2 aromatic heterocycles. The van der Waals surface area contributed by atoms with Crippen molar-refractivity contribution in [2.45, 2.75) is 13.3 Å². The molecule has 1 aromatic carbocycles. The number of pyridine rings is 1. The number of fused-ring (bicyclic) bond motifs is 1. The van der Waals surface area contributed by atoms with Crippen LogP contribution in [-0.4, -0.2) is 21.8 Å². The van der Waals surface area contributed by atoms with Gasteiger partial charge in [0.15, 0.2) is 0 Å². The van der Waals surface area contributed by atoms with Crippen LogP contribution in [0.2, 0.25) is 0 Å². The highest BCUT2D eigenvalue weighted by atomic mass is 16.1. The van der Waals surface area contributed by atoms with E-state index in [0.29, 0.717) is 13.0 Å². The molecule has 1 N–H and O–H groups in total. The van der Waals surface area contributed by atoms with Crippen molar-refractivity contribution in [1.82, 2.24) is 14.7 Å². The summed E-state index contributed by atoms with van der Waals surface area (Å²) in [6, 6.07) is 15.9. The zero-order valence-corrected chi connectivity index (χ0v) is 13.1. The Bertz CT molecular complexity index is 834. The molecular weight excluding hydrogens is 286 g/mol. The lowest BCUT2D eigenvalue weighted by atomic mass is 10.1. The lowest BCUT2D eigenvalue weighted by molar-refractivity contribution is -0.116. The van der Waals surface area contributed by atoms with Crippen LogP contribution in [0, 0.1) is 0 Å². The summed E-state index contributed by atoms with van der Waals surface area (Å²) in [7, 11) is 0. The Morgan fingerprint density at radius 1 is 1.17 bits per heavy atom. The Morgan fingerprint density at radius 2 is 1.96 bits per heavy atom. The predicted octanol–water partition coefficient (Wildman–Crippen LogP) is 3.10. The van der Waals surface area contributed by atoms with Gasteiger partial charge in [-0.3, -0.25) is 4.79 Å². The summed E-state index contributed by atoms with van der Waals surface area (Å²) in [5.41, 5.74) is 3.07. The van der Waals surface area contributed by atoms with Crippen LogP contribution >= 0.6 is 0 Å². The molecule has 0 radical (unpaired) electrons. The lowest BCUT2D eigenvalue weighted by Gasteiger charge is -2.04. The van der Waals surface area contributed by atoms with Crippen LogP contribution in [0.25, 0.3) is 11.1 Å². The quantitative estimate of drug-likeness (QED) is 0.736. The third-order valence-electron chi connectivity index (χ3n) is 3.74. The van der Waals surface area contributed by atoms with Gasteiger partial charge in [0.25, 0.3) is 0 Å². The van der Waals surface area contributed by atoms with Gasteiger partial charge in [0.05, 0.1) is 11.7 Å². The van der Waals surface area contributed by atoms with E-state index in [4.69, 9.17) is 0 Å². The number of allylic oxidation sites excluding steroid dienone is 1. The molecule has 0 unspecified atom stereocenters. The third kappa shape index (κ3) is 3.66. The summed E-state index contributed by atoms with van der Waals surface area (Å²) in [6.07, 6.45) is 6.16. The minimum Gasteiger partial charge on any atom is -0.352 e. The first-order valence-corrected chi connectivity index (χ1v) is 7.66. The molecule has 0 saturated carbocycles. The SMILES string of the molecule is C/C(=C\C(=O)NCCc1ncc2ccccn12)c1ccccc1. The number of benzene rings is 1. The van der Waals surface area contributed by atoms with Gasteiger partial charge in [0, 0.05) is 25.2 Å². The summed E-state index contributed by atoms with van der Waals surface area (Å²) < 4.78 is 2.04. The molecule has 0 spiro atoms. The molecule has 0 fully saturated rings. The van der Waals surface area contributed by atoms with Crippen molar-refractivity contribution in [1.29, 1.82) is 0 Å². The summed E-state index contributed by atoms with van der Waals surface area (Å²) in [5, 5.41) is 2.92. The van der Waals surface area contributed by atoms with Crippen molar-refractivity contribution in [3.05, 3.63) is 78.4 Å². The number of imidazole rings is 1. The van der Waals surface area contributed by atoms with Gasteiger partial charge in [0.1, 0.15) is 5.82 Å². The average Bonchev–Trinajstić information content (AvgIpc) is 2.99. The fourth-order valence-corrected chi connectivity index (χ4v) is 2.51. The topological polar surface area (TPSA) is 46.4 Å². The molecule has 4 nitrogen and oxygen atoms in total. The van der Waals surface area contributed by atoms with E-state index in [-0.39, 0.29) is 5.91 Å². The maximum Gasteiger partial charge on any atom is 0.244 e. The number of amides is 1. The second kappa shape index (κ2) is 6.92. The highest BCUT2D eigenvalue weighted by Gasteiger charge is 2.04. The van der Waals surface area contributed by atoms with Gasteiger partial charge in [-0.05, 0) is 30.2 Å². The van der Waals surface area contributed by atoms with E-state index in [1.165, 1.54) is 0 Å². The second-order valence-electron chi connectivity index (χ2n) is 5.40. The Kier molecular flexibility index (Phi) is 4.52. The van der Waals surface area contributed by atoms with E-state index in [9.17, 15) is 4.79 Å². The van der Waals surface area contributed by atoms with Crippen molar-refractivity contribution < 1.29 is 4.79 Å². The third-order valence-corrected chi connectivity index (χ3v) is 3.74. The number of carbonyl (C=O) groups excluding carboxylic acids is 1. The normalized spacial score (nSPS) is 11.6. The number of hydrogen-bond acceptors (Lipinski definition) is 2. The minimum absolute atomic E-state index is 0.0767. The standard InChI is InChI=1S/C19H19N3O/c1-15(16-7-3-2-4-8-16)13-19(23)20-11-10-18-21-14-17-9-5-6-12-22(17)18/h2-9,12-14H,10-11H2,1H3,(H,20,23)/b15-13+. The molecule has 0 aliphatic carbocycles. The maximum absolute atomic E-state index is 12.0. The van der Waals surface area contributed by atoms with E-state index in [1.54, 1.807) is 6.08 Å². The smallest absolute Gasteiger partial charge is 0.244 e. The van der Waals surface area contributed by atoms with E-state index in [2.05, 4.69) is 10.3 Å². The van der Waals surface area contributed by atoms with Gasteiger partial charge < -0.3 is 9.72 Å². The average molecular weight is 305 g/mol. The van der Waals surface area contributed by atoms with Gasteiger partial charge in [-0.1, -0.05) is 36.4 Å². The molecule has 0 atom stereocenters. The Morgan fingerprint density at radius 3 is 2.78 bits per heavy atom. The molecule has 0 aliphatic rings. The molecule has 0 saturated heterocycles. The van der Waals surface area contributed by atoms with Crippen LogP contribution in [0.5, 0.6) is 0 Å². The van der Waals surface area contributed by atoms with Crippen LogP contribution in [0.1, 0.15) is 18.3 Å². The van der Waals surface area contributed by atoms with Crippen molar-refractivity contribution in [3.8, 4) is 0 Å². The molecule has 3 aromatic rings. The Hall–Kier alpha value is -2.88. The van der Waals surface area contributed by atoms with Crippen LogP contribution in [0.4, 0.5) is 0 Å². The number of carbonyl (C=O) groups is 1. The summed E-state index contributed by atoms with van der Waals surface area (Å²) in [5.74, 6) is 0.872. The summed E-state index contributed by atoms with van der Waals surface area (Å²) in [6.45, 7) is 2.50. The van der Waals surface area contributed by atoms with Gasteiger partial charge in [-0.25, -0.2) is 4.98 Å². The molecule has 0 bridgehead atoms. The number of nitrogens with one attached hydrogen (secondary N) is 1. The molecule has 23 heavy (non-hydrogen) atoms. The fourth-order valence-electron chi connectivity index (χ4n) is 2.51. The predicted molar refractivity (Wildman–Crippen MR) is 92.0 cm³/mol. The van der Waals surface area contributed by atoms with Crippen molar-refractivity contribution in [3.63, 3.8) is 0 Å². The monoisotopic (exact) mass is 305 g/mol. The number of rotatable bonds is 5. The van der Waals surface area contributed by atoms with Crippen molar-refractivity contribution >= 4 is 17.0 Å². The molecule has 3 rings (SSSR count). The second-order valence-corrected chi connectivity index (χ2v) is 5.40. The van der Waals surface area contributed by atoms with Crippen LogP contribution in [0.3, 0.4) is 0 Å². The lowest BCUT2D eigenvalue weighted by Crippen LogP contribution is -2.24. The number of aromatic nitrogens is 2. The Labute approximate surface area is 135 Å². The summed E-state index contributed by atoms with van der Waals surface area (Å²) >= 11 is 0.